The number of rotatable bonds is 4. The van der Waals surface area contributed by atoms with E-state index < -0.39 is 5.82 Å². The van der Waals surface area contributed by atoms with E-state index in [1.54, 1.807) is 11.3 Å². The van der Waals surface area contributed by atoms with Crippen molar-refractivity contribution in [1.82, 2.24) is 4.98 Å². The summed E-state index contributed by atoms with van der Waals surface area (Å²) < 4.78 is 18.5. The molecule has 0 saturated carbocycles. The number of thiophene rings is 1. The molecule has 0 N–H and O–H groups in total. The Morgan fingerprint density at radius 3 is 3.06 bits per heavy atom. The van der Waals surface area contributed by atoms with E-state index in [1.165, 1.54) is 17.1 Å². The molecule has 2 nitrogen and oxygen atoms in total. The Labute approximate surface area is 102 Å². The Balaban J connectivity index is 1.90. The predicted octanol–water partition coefficient (Wildman–Crippen LogP) is 3.56. The number of hydrogen-bond donors (Lipinski definition) is 0. The minimum Gasteiger partial charge on any atom is -0.475 e. The molecule has 0 aromatic carbocycles. The van der Waals surface area contributed by atoms with Gasteiger partial charge >= 0.3 is 0 Å². The normalized spacial score (nSPS) is 10.4. The first-order valence-electron chi connectivity index (χ1n) is 4.72. The maximum Gasteiger partial charge on any atom is 0.250 e. The number of nitrogens with zero attached hydrogens (tertiary/aromatic N) is 1. The highest BCUT2D eigenvalue weighted by atomic mass is 35.5. The van der Waals surface area contributed by atoms with E-state index in [1.807, 2.05) is 17.5 Å². The zero-order valence-corrected chi connectivity index (χ0v) is 9.89. The number of hydrogen-bond acceptors (Lipinski definition) is 3. The van der Waals surface area contributed by atoms with Gasteiger partial charge in [-0.2, -0.15) is 0 Å². The van der Waals surface area contributed by atoms with Gasteiger partial charge in [-0.1, -0.05) is 17.7 Å². The topological polar surface area (TPSA) is 22.1 Å². The van der Waals surface area contributed by atoms with Crippen LogP contribution in [-0.4, -0.2) is 11.6 Å². The van der Waals surface area contributed by atoms with Crippen LogP contribution in [0, 0.1) is 5.82 Å². The summed E-state index contributed by atoms with van der Waals surface area (Å²) in [6, 6.07) is 5.18. The molecule has 2 aromatic rings. The fourth-order valence-electron chi connectivity index (χ4n) is 1.21. The minimum absolute atomic E-state index is 0.000885. The summed E-state index contributed by atoms with van der Waals surface area (Å²) >= 11 is 7.23. The zero-order valence-electron chi connectivity index (χ0n) is 8.32. The summed E-state index contributed by atoms with van der Waals surface area (Å²) in [7, 11) is 0. The quantitative estimate of drug-likeness (QED) is 0.836. The van der Waals surface area contributed by atoms with Gasteiger partial charge in [0, 0.05) is 17.5 Å². The van der Waals surface area contributed by atoms with E-state index >= 15 is 0 Å². The molecule has 16 heavy (non-hydrogen) atoms. The lowest BCUT2D eigenvalue weighted by Crippen LogP contribution is -2.03. The van der Waals surface area contributed by atoms with Gasteiger partial charge < -0.3 is 4.74 Å². The van der Waals surface area contributed by atoms with Crippen LogP contribution in [-0.2, 0) is 6.42 Å². The Hall–Kier alpha value is -1.13. The number of ether oxygens (including phenoxy) is 1. The van der Waals surface area contributed by atoms with Crippen molar-refractivity contribution in [2.45, 2.75) is 6.42 Å². The first-order chi connectivity index (χ1) is 7.75. The third-order valence-corrected chi connectivity index (χ3v) is 3.08. The molecule has 0 spiro atoms. The lowest BCUT2D eigenvalue weighted by atomic mass is 10.4. The molecule has 2 rings (SSSR count). The standard InChI is InChI=1S/C11H9ClFNOS/c12-8-6-10(13)11(14-7-8)15-4-3-9-2-1-5-16-9/h1-2,5-7H,3-4H2. The Bertz CT molecular complexity index is 461. The Morgan fingerprint density at radius 1 is 1.50 bits per heavy atom. The van der Waals surface area contributed by atoms with Gasteiger partial charge in [0.1, 0.15) is 0 Å². The van der Waals surface area contributed by atoms with Gasteiger partial charge in [-0.15, -0.1) is 11.3 Å². The van der Waals surface area contributed by atoms with Gasteiger partial charge in [-0.3, -0.25) is 0 Å². The van der Waals surface area contributed by atoms with Gasteiger partial charge in [-0.05, 0) is 17.5 Å². The average molecular weight is 258 g/mol. The maximum absolute atomic E-state index is 13.2. The van der Waals surface area contributed by atoms with E-state index in [0.717, 1.165) is 6.42 Å². The van der Waals surface area contributed by atoms with Crippen LogP contribution in [0.15, 0.2) is 29.8 Å². The zero-order chi connectivity index (χ0) is 11.4. The minimum atomic E-state index is -0.529. The van der Waals surface area contributed by atoms with Crippen LogP contribution >= 0.6 is 22.9 Å². The first kappa shape index (κ1) is 11.4. The molecule has 0 atom stereocenters. The molecule has 0 saturated heterocycles. The fraction of sp³-hybridized carbons (Fsp3) is 0.182. The van der Waals surface area contributed by atoms with E-state index in [9.17, 15) is 4.39 Å². The van der Waals surface area contributed by atoms with E-state index in [2.05, 4.69) is 4.98 Å². The lowest BCUT2D eigenvalue weighted by Gasteiger charge is -2.04. The summed E-state index contributed by atoms with van der Waals surface area (Å²) in [6.07, 6.45) is 2.12. The summed E-state index contributed by atoms with van der Waals surface area (Å²) in [4.78, 5) is 4.97. The molecular formula is C11H9ClFNOS. The average Bonchev–Trinajstić information content (AvgIpc) is 2.74. The molecule has 5 heteroatoms. The highest BCUT2D eigenvalue weighted by Crippen LogP contribution is 2.18. The molecule has 0 radical (unpaired) electrons. The van der Waals surface area contributed by atoms with E-state index in [4.69, 9.17) is 16.3 Å². The molecule has 2 aromatic heterocycles. The Kier molecular flexibility index (Phi) is 3.74. The van der Waals surface area contributed by atoms with Crippen molar-refractivity contribution < 1.29 is 9.13 Å². The highest BCUT2D eigenvalue weighted by Gasteiger charge is 2.05. The maximum atomic E-state index is 13.2. The second kappa shape index (κ2) is 5.27. The predicted molar refractivity (Wildman–Crippen MR) is 62.7 cm³/mol. The van der Waals surface area contributed by atoms with Gasteiger partial charge in [0.25, 0.3) is 0 Å². The molecule has 0 bridgehead atoms. The van der Waals surface area contributed by atoms with Crippen LogP contribution in [0.25, 0.3) is 0 Å². The molecule has 2 heterocycles. The summed E-state index contributed by atoms with van der Waals surface area (Å²) in [5, 5.41) is 2.26. The van der Waals surface area contributed by atoms with Crippen molar-refractivity contribution in [1.29, 1.82) is 0 Å². The molecule has 0 unspecified atom stereocenters. The van der Waals surface area contributed by atoms with Crippen molar-refractivity contribution in [3.05, 3.63) is 45.5 Å². The monoisotopic (exact) mass is 257 g/mol. The molecule has 84 valence electrons. The van der Waals surface area contributed by atoms with Gasteiger partial charge in [-0.25, -0.2) is 9.37 Å². The Morgan fingerprint density at radius 2 is 2.38 bits per heavy atom. The molecule has 0 aliphatic rings. The third kappa shape index (κ3) is 2.93. The molecule has 0 aliphatic carbocycles. The van der Waals surface area contributed by atoms with E-state index in [-0.39, 0.29) is 10.9 Å². The third-order valence-electron chi connectivity index (χ3n) is 1.94. The summed E-state index contributed by atoms with van der Waals surface area (Å²) in [5.74, 6) is -0.528. The smallest absolute Gasteiger partial charge is 0.250 e. The first-order valence-corrected chi connectivity index (χ1v) is 5.97. The van der Waals surface area contributed by atoms with Gasteiger partial charge in [0.2, 0.25) is 5.88 Å². The van der Waals surface area contributed by atoms with Crippen molar-refractivity contribution in [2.24, 2.45) is 0 Å². The van der Waals surface area contributed by atoms with Crippen molar-refractivity contribution in [3.63, 3.8) is 0 Å². The van der Waals surface area contributed by atoms with Crippen LogP contribution in [0.1, 0.15) is 4.88 Å². The van der Waals surface area contributed by atoms with E-state index in [0.29, 0.717) is 6.61 Å². The van der Waals surface area contributed by atoms with Crippen molar-refractivity contribution >= 4 is 22.9 Å². The van der Waals surface area contributed by atoms with Gasteiger partial charge in [0.15, 0.2) is 5.82 Å². The lowest BCUT2D eigenvalue weighted by molar-refractivity contribution is 0.293. The second-order valence-corrected chi connectivity index (χ2v) is 4.59. The number of aromatic nitrogens is 1. The van der Waals surface area contributed by atoms with Gasteiger partial charge in [0.05, 0.1) is 11.6 Å². The number of halogens is 2. The van der Waals surface area contributed by atoms with Crippen LogP contribution in [0.3, 0.4) is 0 Å². The number of pyridine rings is 1. The summed E-state index contributed by atoms with van der Waals surface area (Å²) in [5.41, 5.74) is 0. The van der Waals surface area contributed by atoms with Crippen molar-refractivity contribution in [2.75, 3.05) is 6.61 Å². The van der Waals surface area contributed by atoms with Crippen molar-refractivity contribution in [3.8, 4) is 5.88 Å². The van der Waals surface area contributed by atoms with Crippen LogP contribution in [0.5, 0.6) is 5.88 Å². The SMILES string of the molecule is Fc1cc(Cl)cnc1OCCc1cccs1. The largest absolute Gasteiger partial charge is 0.475 e. The fourth-order valence-corrected chi connectivity index (χ4v) is 2.05. The molecule has 0 amide bonds. The molecular weight excluding hydrogens is 249 g/mol. The van der Waals surface area contributed by atoms with Crippen LogP contribution < -0.4 is 4.74 Å². The highest BCUT2D eigenvalue weighted by molar-refractivity contribution is 7.09. The van der Waals surface area contributed by atoms with Crippen LogP contribution in [0.2, 0.25) is 5.02 Å². The summed E-state index contributed by atoms with van der Waals surface area (Å²) in [6.45, 7) is 0.409. The molecule has 0 fully saturated rings. The van der Waals surface area contributed by atoms with Crippen LogP contribution in [0.4, 0.5) is 4.39 Å². The second-order valence-electron chi connectivity index (χ2n) is 3.12. The molecule has 0 aliphatic heterocycles.